The minimum absolute atomic E-state index is 0.0811. The van der Waals surface area contributed by atoms with Crippen molar-refractivity contribution in [3.63, 3.8) is 0 Å². The molecule has 2 aromatic heterocycles. The van der Waals surface area contributed by atoms with E-state index in [2.05, 4.69) is 31.1 Å². The molecule has 0 aliphatic heterocycles. The molecule has 0 unspecified atom stereocenters. The largest absolute Gasteiger partial charge is 0.478 e. The maximum atomic E-state index is 14.2. The number of aromatic nitrogens is 3. The van der Waals surface area contributed by atoms with Gasteiger partial charge in [-0.1, -0.05) is 15.9 Å². The van der Waals surface area contributed by atoms with Crippen LogP contribution in [0.1, 0.15) is 10.4 Å². The molecule has 0 amide bonds. The molecule has 2 heterocycles. The molecular weight excluding hydrogens is 420 g/mol. The lowest BCUT2D eigenvalue weighted by Crippen LogP contribution is -2.01. The van der Waals surface area contributed by atoms with Crippen LogP contribution in [-0.4, -0.2) is 26.3 Å². The first kappa shape index (κ1) is 17.3. The van der Waals surface area contributed by atoms with E-state index in [0.717, 1.165) is 0 Å². The number of benzene rings is 2. The number of carbonyl (C=O) groups is 1. The van der Waals surface area contributed by atoms with Gasteiger partial charge in [0.1, 0.15) is 11.6 Å². The Hall–Kier alpha value is -3.13. The first-order chi connectivity index (χ1) is 12.9. The van der Waals surface area contributed by atoms with Crippen LogP contribution in [0.15, 0.2) is 53.0 Å². The van der Waals surface area contributed by atoms with E-state index < -0.39 is 17.6 Å². The van der Waals surface area contributed by atoms with E-state index in [1.165, 1.54) is 48.5 Å². The molecule has 0 bridgehead atoms. The zero-order valence-corrected chi connectivity index (χ0v) is 15.1. The summed E-state index contributed by atoms with van der Waals surface area (Å²) in [6.07, 6.45) is 0. The first-order valence-corrected chi connectivity index (χ1v) is 8.57. The van der Waals surface area contributed by atoms with Crippen molar-refractivity contribution in [3.05, 3.63) is 70.2 Å². The maximum absolute atomic E-state index is 14.2. The van der Waals surface area contributed by atoms with E-state index in [1.807, 2.05) is 0 Å². The van der Waals surface area contributed by atoms with E-state index >= 15 is 0 Å². The molecular formula is C19H10BrF2N3O2. The molecule has 0 radical (unpaired) electrons. The SMILES string of the molecule is O=C(O)c1cc(-c2cc(Br)ccc2F)nc2n[nH]c(-c3ccc(F)cc3)c12. The van der Waals surface area contributed by atoms with Gasteiger partial charge in [0.25, 0.3) is 0 Å². The third-order valence-electron chi connectivity index (χ3n) is 4.09. The van der Waals surface area contributed by atoms with Gasteiger partial charge in [0.2, 0.25) is 0 Å². The predicted octanol–water partition coefficient (Wildman–Crippen LogP) is 5.03. The molecule has 27 heavy (non-hydrogen) atoms. The van der Waals surface area contributed by atoms with Crippen LogP contribution in [0.5, 0.6) is 0 Å². The monoisotopic (exact) mass is 429 g/mol. The fraction of sp³-hybridized carbons (Fsp3) is 0. The highest BCUT2D eigenvalue weighted by atomic mass is 79.9. The molecule has 0 aliphatic rings. The predicted molar refractivity (Wildman–Crippen MR) is 99.3 cm³/mol. The first-order valence-electron chi connectivity index (χ1n) is 7.78. The number of halogens is 3. The summed E-state index contributed by atoms with van der Waals surface area (Å²) in [4.78, 5) is 16.2. The Balaban J connectivity index is 1.98. The summed E-state index contributed by atoms with van der Waals surface area (Å²) in [7, 11) is 0. The van der Waals surface area contributed by atoms with Gasteiger partial charge >= 0.3 is 5.97 Å². The van der Waals surface area contributed by atoms with Gasteiger partial charge in [-0.25, -0.2) is 18.6 Å². The minimum atomic E-state index is -1.20. The maximum Gasteiger partial charge on any atom is 0.336 e. The zero-order valence-electron chi connectivity index (χ0n) is 13.5. The number of nitrogens with one attached hydrogen (secondary N) is 1. The molecule has 0 fully saturated rings. The lowest BCUT2D eigenvalue weighted by molar-refractivity contribution is 0.0699. The molecule has 2 aromatic carbocycles. The van der Waals surface area contributed by atoms with Crippen molar-refractivity contribution >= 4 is 32.9 Å². The molecule has 8 heteroatoms. The van der Waals surface area contributed by atoms with Crippen LogP contribution in [-0.2, 0) is 0 Å². The lowest BCUT2D eigenvalue weighted by atomic mass is 10.0. The number of aromatic amines is 1. The molecule has 0 saturated heterocycles. The summed E-state index contributed by atoms with van der Waals surface area (Å²) in [5.74, 6) is -2.15. The Bertz CT molecular complexity index is 1190. The van der Waals surface area contributed by atoms with E-state index in [9.17, 15) is 18.7 Å². The summed E-state index contributed by atoms with van der Waals surface area (Å²) >= 11 is 3.27. The number of fused-ring (bicyclic) bond motifs is 1. The van der Waals surface area contributed by atoms with Crippen molar-refractivity contribution in [2.45, 2.75) is 0 Å². The Morgan fingerprint density at radius 2 is 1.81 bits per heavy atom. The number of pyridine rings is 1. The van der Waals surface area contributed by atoms with Crippen LogP contribution in [0.4, 0.5) is 8.78 Å². The average Bonchev–Trinajstić information content (AvgIpc) is 3.07. The molecule has 0 atom stereocenters. The number of carboxylic acid groups (broad SMARTS) is 1. The minimum Gasteiger partial charge on any atom is -0.478 e. The van der Waals surface area contributed by atoms with Gasteiger partial charge in [-0.15, -0.1) is 0 Å². The van der Waals surface area contributed by atoms with Crippen molar-refractivity contribution < 1.29 is 18.7 Å². The second-order valence-corrected chi connectivity index (χ2v) is 6.70. The van der Waals surface area contributed by atoms with Gasteiger partial charge in [0, 0.05) is 15.6 Å². The smallest absolute Gasteiger partial charge is 0.336 e. The van der Waals surface area contributed by atoms with Crippen LogP contribution >= 0.6 is 15.9 Å². The van der Waals surface area contributed by atoms with E-state index in [4.69, 9.17) is 0 Å². The van der Waals surface area contributed by atoms with Gasteiger partial charge in [-0.3, -0.25) is 5.10 Å². The van der Waals surface area contributed by atoms with Crippen molar-refractivity contribution in [3.8, 4) is 22.5 Å². The highest BCUT2D eigenvalue weighted by molar-refractivity contribution is 9.10. The van der Waals surface area contributed by atoms with Crippen LogP contribution in [0.25, 0.3) is 33.5 Å². The summed E-state index contributed by atoms with van der Waals surface area (Å²) in [5.41, 5.74) is 1.31. The number of H-pyrrole nitrogens is 1. The third kappa shape index (κ3) is 3.08. The Morgan fingerprint density at radius 3 is 2.52 bits per heavy atom. The number of nitrogens with zero attached hydrogens (tertiary/aromatic N) is 2. The van der Waals surface area contributed by atoms with Crippen molar-refractivity contribution in [1.29, 1.82) is 0 Å². The molecule has 4 rings (SSSR count). The van der Waals surface area contributed by atoms with E-state index in [1.54, 1.807) is 0 Å². The highest BCUT2D eigenvalue weighted by Gasteiger charge is 2.21. The van der Waals surface area contributed by atoms with Gasteiger partial charge in [0.15, 0.2) is 5.65 Å². The second kappa shape index (κ2) is 6.55. The van der Waals surface area contributed by atoms with E-state index in [0.29, 0.717) is 15.7 Å². The molecule has 4 aromatic rings. The Labute approximate surface area is 159 Å². The van der Waals surface area contributed by atoms with Crippen LogP contribution < -0.4 is 0 Å². The normalized spacial score (nSPS) is 11.1. The Kier molecular flexibility index (Phi) is 4.19. The molecule has 2 N–H and O–H groups in total. The fourth-order valence-electron chi connectivity index (χ4n) is 2.85. The summed E-state index contributed by atoms with van der Waals surface area (Å²) in [6.45, 7) is 0. The van der Waals surface area contributed by atoms with Crippen LogP contribution in [0.2, 0.25) is 0 Å². The molecule has 5 nitrogen and oxygen atoms in total. The van der Waals surface area contributed by atoms with Crippen molar-refractivity contribution in [2.75, 3.05) is 0 Å². The quantitative estimate of drug-likeness (QED) is 0.478. The van der Waals surface area contributed by atoms with Crippen LogP contribution in [0.3, 0.4) is 0 Å². The van der Waals surface area contributed by atoms with Gasteiger partial charge < -0.3 is 5.11 Å². The highest BCUT2D eigenvalue weighted by Crippen LogP contribution is 2.33. The van der Waals surface area contributed by atoms with Gasteiger partial charge in [-0.05, 0) is 48.5 Å². The number of carboxylic acids is 1. The number of rotatable bonds is 3. The van der Waals surface area contributed by atoms with Crippen molar-refractivity contribution in [1.82, 2.24) is 15.2 Å². The molecule has 134 valence electrons. The van der Waals surface area contributed by atoms with Crippen molar-refractivity contribution in [2.24, 2.45) is 0 Å². The molecule has 0 saturated carbocycles. The zero-order chi connectivity index (χ0) is 19.1. The summed E-state index contributed by atoms with van der Waals surface area (Å²) in [5, 5.41) is 16.8. The average molecular weight is 430 g/mol. The number of hydrogen-bond donors (Lipinski definition) is 2. The number of hydrogen-bond acceptors (Lipinski definition) is 3. The lowest BCUT2D eigenvalue weighted by Gasteiger charge is -2.07. The van der Waals surface area contributed by atoms with Gasteiger partial charge in [-0.2, -0.15) is 5.10 Å². The topological polar surface area (TPSA) is 78.9 Å². The third-order valence-corrected chi connectivity index (χ3v) is 4.58. The van der Waals surface area contributed by atoms with E-state index in [-0.39, 0.29) is 27.9 Å². The molecule has 0 aliphatic carbocycles. The van der Waals surface area contributed by atoms with Gasteiger partial charge in [0.05, 0.1) is 22.3 Å². The fourth-order valence-corrected chi connectivity index (χ4v) is 3.21. The second-order valence-electron chi connectivity index (χ2n) is 5.79. The Morgan fingerprint density at radius 1 is 1.07 bits per heavy atom. The summed E-state index contributed by atoms with van der Waals surface area (Å²) in [6, 6.07) is 11.2. The summed E-state index contributed by atoms with van der Waals surface area (Å²) < 4.78 is 28.0. The number of aromatic carboxylic acids is 1. The van der Waals surface area contributed by atoms with Crippen LogP contribution in [0, 0.1) is 11.6 Å². The molecule has 0 spiro atoms. The standard InChI is InChI=1S/C19H10BrF2N3O2/c20-10-3-6-14(22)12(7-10)15-8-13(19(26)27)16-17(24-25-18(16)23-15)9-1-4-11(21)5-2-9/h1-8H,(H,26,27)(H,23,24,25).